The van der Waals surface area contributed by atoms with Gasteiger partial charge in [0.15, 0.2) is 17.7 Å². The second-order valence-corrected chi connectivity index (χ2v) is 6.94. The Bertz CT molecular complexity index is 604. The molecule has 0 saturated carbocycles. The van der Waals surface area contributed by atoms with Gasteiger partial charge in [-0.3, -0.25) is 29.0 Å². The van der Waals surface area contributed by atoms with Gasteiger partial charge in [0.25, 0.3) is 11.8 Å². The summed E-state index contributed by atoms with van der Waals surface area (Å²) in [6, 6.07) is 0. The van der Waals surface area contributed by atoms with Crippen LogP contribution in [0.25, 0.3) is 0 Å². The zero-order valence-electron chi connectivity index (χ0n) is 11.8. The Labute approximate surface area is 140 Å². The van der Waals surface area contributed by atoms with Gasteiger partial charge in [-0.1, -0.05) is 23.5 Å². The molecule has 6 nitrogen and oxygen atoms in total. The number of nitrogens with zero attached hydrogens (tertiary/aromatic N) is 2. The van der Waals surface area contributed by atoms with E-state index in [0.29, 0.717) is 29.9 Å². The van der Waals surface area contributed by atoms with Gasteiger partial charge in [-0.05, 0) is 26.1 Å². The first-order valence-corrected chi connectivity index (χ1v) is 8.46. The molecule has 0 unspecified atom stereocenters. The lowest BCUT2D eigenvalue weighted by Gasteiger charge is -2.35. The molecule has 2 aliphatic heterocycles. The Kier molecular flexibility index (Phi) is 5.20. The molecular weight excluding hydrogens is 344 g/mol. The minimum Gasteiger partial charge on any atom is -0.297 e. The molecule has 0 radical (unpaired) electrons. The van der Waals surface area contributed by atoms with Crippen LogP contribution in [0.3, 0.4) is 0 Å². The predicted octanol–water partition coefficient (Wildman–Crippen LogP) is 1.28. The maximum atomic E-state index is 12.5. The van der Waals surface area contributed by atoms with Gasteiger partial charge in [0.2, 0.25) is 0 Å². The Hall–Kier alpha value is -1.45. The van der Waals surface area contributed by atoms with Crippen molar-refractivity contribution in [1.29, 1.82) is 0 Å². The maximum absolute atomic E-state index is 12.5. The third kappa shape index (κ3) is 2.64. The first-order chi connectivity index (χ1) is 10.5. The van der Waals surface area contributed by atoms with Crippen LogP contribution in [0, 0.1) is 0 Å². The van der Waals surface area contributed by atoms with Crippen molar-refractivity contribution in [3.8, 4) is 0 Å². The third-order valence-electron chi connectivity index (χ3n) is 3.08. The van der Waals surface area contributed by atoms with Crippen molar-refractivity contribution < 1.29 is 19.2 Å². The lowest BCUT2D eigenvalue weighted by Crippen LogP contribution is -2.56. The van der Waals surface area contributed by atoms with Crippen LogP contribution >= 0.6 is 35.7 Å². The van der Waals surface area contributed by atoms with Gasteiger partial charge < -0.3 is 0 Å². The van der Waals surface area contributed by atoms with Crippen LogP contribution in [0.4, 0.5) is 0 Å². The number of hydrogen-bond donors (Lipinski definition) is 0. The topological polar surface area (TPSA) is 74.8 Å². The van der Waals surface area contributed by atoms with Crippen molar-refractivity contribution in [2.24, 2.45) is 0 Å². The van der Waals surface area contributed by atoms with Crippen molar-refractivity contribution in [1.82, 2.24) is 9.80 Å². The van der Waals surface area contributed by atoms with E-state index >= 15 is 0 Å². The highest BCUT2D eigenvalue weighted by molar-refractivity contribution is 8.29. The number of carbonyl (C=O) groups is 4. The highest BCUT2D eigenvalue weighted by Gasteiger charge is 2.41. The van der Waals surface area contributed by atoms with E-state index in [1.807, 2.05) is 0 Å². The second kappa shape index (κ2) is 6.76. The molecule has 0 spiro atoms. The summed E-state index contributed by atoms with van der Waals surface area (Å²) < 4.78 is 0.346. The number of aldehydes is 2. The molecule has 2 rings (SSSR count). The molecule has 0 bridgehead atoms. The van der Waals surface area contributed by atoms with Crippen LogP contribution in [0.2, 0.25) is 0 Å². The van der Waals surface area contributed by atoms with Gasteiger partial charge in [0.1, 0.15) is 5.57 Å². The standard InChI is InChI=1S/C13H12N2O4S3/c1-3-14-10(18)9(11(19)15(4-2)13(14)20)12-21-7(5-16)8(6-17)22-12/h5-6H,3-4H2,1-2H3. The number of carbonyl (C=O) groups excluding carboxylic acids is 4. The van der Waals surface area contributed by atoms with Gasteiger partial charge in [-0.15, -0.1) is 0 Å². The molecule has 9 heteroatoms. The fourth-order valence-electron chi connectivity index (χ4n) is 2.00. The summed E-state index contributed by atoms with van der Waals surface area (Å²) in [5.74, 6) is -0.982. The zero-order valence-corrected chi connectivity index (χ0v) is 14.3. The van der Waals surface area contributed by atoms with Gasteiger partial charge in [-0.25, -0.2) is 0 Å². The molecule has 0 N–H and O–H groups in total. The summed E-state index contributed by atoms with van der Waals surface area (Å²) in [5, 5.41) is 0.177. The Morgan fingerprint density at radius 1 is 0.955 bits per heavy atom. The number of likely N-dealkylation sites (N-methyl/N-ethyl adjacent to an activating group) is 2. The SMILES string of the molecule is CCN1C(=O)C(=C2SC(C=O)=C(C=O)S2)C(=O)N(CC)C1=S. The highest BCUT2D eigenvalue weighted by Crippen LogP contribution is 2.49. The minimum absolute atomic E-state index is 0.0384. The molecule has 2 heterocycles. The Balaban J connectivity index is 2.50. The van der Waals surface area contributed by atoms with Crippen molar-refractivity contribution in [3.63, 3.8) is 0 Å². The fourth-order valence-corrected chi connectivity index (χ4v) is 4.73. The number of amides is 2. The average molecular weight is 356 g/mol. The normalized spacial score (nSPS) is 19.5. The van der Waals surface area contributed by atoms with Crippen LogP contribution in [0.15, 0.2) is 19.6 Å². The Morgan fingerprint density at radius 3 is 1.68 bits per heavy atom. The first-order valence-electron chi connectivity index (χ1n) is 6.42. The molecule has 2 aliphatic rings. The number of allylic oxidation sites excluding steroid dienone is 2. The van der Waals surface area contributed by atoms with Gasteiger partial charge >= 0.3 is 0 Å². The maximum Gasteiger partial charge on any atom is 0.267 e. The average Bonchev–Trinajstić information content (AvgIpc) is 2.91. The molecule has 0 atom stereocenters. The van der Waals surface area contributed by atoms with E-state index < -0.39 is 11.8 Å². The molecule has 0 aromatic heterocycles. The molecular formula is C13H12N2O4S3. The predicted molar refractivity (Wildman–Crippen MR) is 88.7 cm³/mol. The summed E-state index contributed by atoms with van der Waals surface area (Å²) >= 11 is 7.11. The van der Waals surface area contributed by atoms with Crippen LogP contribution in [-0.4, -0.2) is 52.4 Å². The minimum atomic E-state index is -0.491. The number of hydrogen-bond acceptors (Lipinski definition) is 7. The van der Waals surface area contributed by atoms with E-state index in [1.54, 1.807) is 13.8 Å². The van der Waals surface area contributed by atoms with E-state index in [9.17, 15) is 19.2 Å². The molecule has 1 fully saturated rings. The van der Waals surface area contributed by atoms with E-state index in [2.05, 4.69) is 0 Å². The number of rotatable bonds is 4. The fraction of sp³-hybridized carbons (Fsp3) is 0.308. The van der Waals surface area contributed by atoms with Crippen LogP contribution < -0.4 is 0 Å². The van der Waals surface area contributed by atoms with Gasteiger partial charge in [0, 0.05) is 13.1 Å². The largest absolute Gasteiger partial charge is 0.297 e. The van der Waals surface area contributed by atoms with E-state index in [1.165, 1.54) is 9.80 Å². The zero-order chi connectivity index (χ0) is 16.4. The summed E-state index contributed by atoms with van der Waals surface area (Å²) in [6.07, 6.45) is 1.10. The van der Waals surface area contributed by atoms with E-state index in [4.69, 9.17) is 12.2 Å². The second-order valence-electron chi connectivity index (χ2n) is 4.21. The summed E-state index contributed by atoms with van der Waals surface area (Å²) in [5.41, 5.74) is -0.0384. The van der Waals surface area contributed by atoms with Crippen LogP contribution in [-0.2, 0) is 19.2 Å². The lowest BCUT2D eigenvalue weighted by atomic mass is 10.2. The van der Waals surface area contributed by atoms with Crippen LogP contribution in [0.5, 0.6) is 0 Å². The highest BCUT2D eigenvalue weighted by atomic mass is 32.2. The monoisotopic (exact) mass is 356 g/mol. The quantitative estimate of drug-likeness (QED) is 0.325. The van der Waals surface area contributed by atoms with Crippen molar-refractivity contribution in [3.05, 3.63) is 19.6 Å². The first kappa shape index (κ1) is 16.9. The molecule has 22 heavy (non-hydrogen) atoms. The molecule has 0 aliphatic carbocycles. The number of thioether (sulfide) groups is 2. The number of thiocarbonyl (C=S) groups is 1. The molecule has 1 saturated heterocycles. The lowest BCUT2D eigenvalue weighted by molar-refractivity contribution is -0.133. The smallest absolute Gasteiger partial charge is 0.267 e. The Morgan fingerprint density at radius 2 is 1.36 bits per heavy atom. The third-order valence-corrected chi connectivity index (χ3v) is 6.00. The molecule has 116 valence electrons. The van der Waals surface area contributed by atoms with Crippen molar-refractivity contribution >= 4 is 65.2 Å². The van der Waals surface area contributed by atoms with E-state index in [-0.39, 0.29) is 20.5 Å². The van der Waals surface area contributed by atoms with Crippen molar-refractivity contribution in [2.45, 2.75) is 13.8 Å². The summed E-state index contributed by atoms with van der Waals surface area (Å²) in [4.78, 5) is 50.1. The van der Waals surface area contributed by atoms with Crippen LogP contribution in [0.1, 0.15) is 13.8 Å². The molecule has 0 aromatic carbocycles. The van der Waals surface area contributed by atoms with E-state index in [0.717, 1.165) is 23.5 Å². The van der Waals surface area contributed by atoms with Gasteiger partial charge in [-0.2, -0.15) is 0 Å². The molecule has 0 aromatic rings. The summed E-state index contributed by atoms with van der Waals surface area (Å²) in [7, 11) is 0. The molecule has 2 amide bonds. The van der Waals surface area contributed by atoms with Gasteiger partial charge in [0.05, 0.1) is 14.0 Å². The van der Waals surface area contributed by atoms with Crippen molar-refractivity contribution in [2.75, 3.05) is 13.1 Å². The summed E-state index contributed by atoms with van der Waals surface area (Å²) in [6.45, 7) is 4.19.